The standard InChI is InChI=1S/C17H13BrFNO2/c1-10(16-8-11-4-2-3-5-15(11)22-16)20-17(21)13-7-6-12(18)9-14(13)19/h2-10H,1H3,(H,20,21)/t10-/m1/s1. The largest absolute Gasteiger partial charge is 0.459 e. The molecule has 0 aliphatic heterocycles. The number of benzene rings is 2. The molecule has 22 heavy (non-hydrogen) atoms. The van der Waals surface area contributed by atoms with Crippen LogP contribution in [-0.4, -0.2) is 5.91 Å². The fraction of sp³-hybridized carbons (Fsp3) is 0.118. The lowest BCUT2D eigenvalue weighted by Gasteiger charge is -2.12. The molecule has 0 radical (unpaired) electrons. The first-order chi connectivity index (χ1) is 10.5. The Morgan fingerprint density at radius 1 is 1.23 bits per heavy atom. The van der Waals surface area contributed by atoms with Gasteiger partial charge in [-0.05, 0) is 37.3 Å². The summed E-state index contributed by atoms with van der Waals surface area (Å²) in [6.45, 7) is 1.80. The van der Waals surface area contributed by atoms with E-state index in [1.54, 1.807) is 13.0 Å². The van der Waals surface area contributed by atoms with Crippen molar-refractivity contribution in [2.24, 2.45) is 0 Å². The minimum absolute atomic E-state index is 0.00570. The van der Waals surface area contributed by atoms with E-state index >= 15 is 0 Å². The van der Waals surface area contributed by atoms with Gasteiger partial charge in [0, 0.05) is 9.86 Å². The van der Waals surface area contributed by atoms with Gasteiger partial charge < -0.3 is 9.73 Å². The van der Waals surface area contributed by atoms with E-state index in [9.17, 15) is 9.18 Å². The first kappa shape index (κ1) is 14.8. The second-order valence-electron chi connectivity index (χ2n) is 5.01. The van der Waals surface area contributed by atoms with E-state index in [4.69, 9.17) is 4.42 Å². The predicted molar refractivity (Wildman–Crippen MR) is 86.2 cm³/mol. The van der Waals surface area contributed by atoms with Crippen LogP contribution in [0.4, 0.5) is 4.39 Å². The number of hydrogen-bond donors (Lipinski definition) is 1. The molecule has 0 spiro atoms. The normalized spacial score (nSPS) is 12.3. The Labute approximate surface area is 135 Å². The van der Waals surface area contributed by atoms with Crippen molar-refractivity contribution in [1.29, 1.82) is 0 Å². The average molecular weight is 362 g/mol. The van der Waals surface area contributed by atoms with Crippen molar-refractivity contribution in [3.8, 4) is 0 Å². The van der Waals surface area contributed by atoms with Crippen LogP contribution >= 0.6 is 15.9 Å². The number of hydrogen-bond acceptors (Lipinski definition) is 2. The third kappa shape index (κ3) is 2.90. The number of carbonyl (C=O) groups is 1. The summed E-state index contributed by atoms with van der Waals surface area (Å²) in [4.78, 5) is 12.2. The maximum atomic E-state index is 13.8. The van der Waals surface area contributed by atoms with Gasteiger partial charge in [0.1, 0.15) is 17.2 Å². The summed E-state index contributed by atoms with van der Waals surface area (Å²) in [6.07, 6.45) is 0. The molecule has 112 valence electrons. The monoisotopic (exact) mass is 361 g/mol. The Morgan fingerprint density at radius 2 is 2.00 bits per heavy atom. The number of amides is 1. The summed E-state index contributed by atoms with van der Waals surface area (Å²) in [5.41, 5.74) is 0.764. The molecule has 0 unspecified atom stereocenters. The lowest BCUT2D eigenvalue weighted by Crippen LogP contribution is -2.27. The SMILES string of the molecule is C[C@@H](NC(=O)c1ccc(Br)cc1F)c1cc2ccccc2o1. The summed E-state index contributed by atoms with van der Waals surface area (Å²) in [5.74, 6) is -0.409. The Hall–Kier alpha value is -2.14. The number of rotatable bonds is 3. The van der Waals surface area contributed by atoms with E-state index < -0.39 is 11.7 Å². The molecule has 0 fully saturated rings. The van der Waals surface area contributed by atoms with E-state index in [1.165, 1.54) is 12.1 Å². The molecule has 3 aromatic rings. The highest BCUT2D eigenvalue weighted by Gasteiger charge is 2.17. The van der Waals surface area contributed by atoms with Crippen LogP contribution in [0.3, 0.4) is 0 Å². The molecule has 1 amide bonds. The van der Waals surface area contributed by atoms with Crippen LogP contribution in [0.5, 0.6) is 0 Å². The highest BCUT2D eigenvalue weighted by atomic mass is 79.9. The van der Waals surface area contributed by atoms with Gasteiger partial charge in [-0.3, -0.25) is 4.79 Å². The Kier molecular flexibility index (Phi) is 3.98. The molecule has 1 heterocycles. The molecule has 2 aromatic carbocycles. The minimum atomic E-state index is -0.566. The zero-order chi connectivity index (χ0) is 15.7. The van der Waals surface area contributed by atoms with Crippen LogP contribution in [0.1, 0.15) is 29.1 Å². The maximum Gasteiger partial charge on any atom is 0.254 e. The summed E-state index contributed by atoms with van der Waals surface area (Å²) in [7, 11) is 0. The smallest absolute Gasteiger partial charge is 0.254 e. The van der Waals surface area contributed by atoms with Crippen LogP contribution < -0.4 is 5.32 Å². The van der Waals surface area contributed by atoms with Crippen molar-refractivity contribution in [3.63, 3.8) is 0 Å². The van der Waals surface area contributed by atoms with Crippen molar-refractivity contribution in [2.75, 3.05) is 0 Å². The number of nitrogens with one attached hydrogen (secondary N) is 1. The summed E-state index contributed by atoms with van der Waals surface area (Å²) < 4.78 is 20.1. The van der Waals surface area contributed by atoms with Crippen molar-refractivity contribution in [1.82, 2.24) is 5.32 Å². The van der Waals surface area contributed by atoms with Gasteiger partial charge in [0.25, 0.3) is 5.91 Å². The fourth-order valence-electron chi connectivity index (χ4n) is 2.23. The molecule has 1 aromatic heterocycles. The average Bonchev–Trinajstić information content (AvgIpc) is 2.91. The van der Waals surface area contributed by atoms with Gasteiger partial charge in [0.2, 0.25) is 0 Å². The summed E-state index contributed by atoms with van der Waals surface area (Å²) in [5, 5.41) is 3.71. The lowest BCUT2D eigenvalue weighted by atomic mass is 10.1. The number of carbonyl (C=O) groups excluding carboxylic acids is 1. The molecule has 0 saturated carbocycles. The molecule has 1 N–H and O–H groups in total. The molecule has 5 heteroatoms. The van der Waals surface area contributed by atoms with Crippen molar-refractivity contribution >= 4 is 32.8 Å². The quantitative estimate of drug-likeness (QED) is 0.726. The molecular weight excluding hydrogens is 349 g/mol. The Balaban J connectivity index is 1.81. The molecule has 0 bridgehead atoms. The fourth-order valence-corrected chi connectivity index (χ4v) is 2.57. The lowest BCUT2D eigenvalue weighted by molar-refractivity contribution is 0.0931. The molecule has 3 nitrogen and oxygen atoms in total. The predicted octanol–water partition coefficient (Wildman–Crippen LogP) is 4.83. The molecule has 3 rings (SSSR count). The summed E-state index contributed by atoms with van der Waals surface area (Å²) >= 11 is 3.17. The highest BCUT2D eigenvalue weighted by molar-refractivity contribution is 9.10. The van der Waals surface area contributed by atoms with Gasteiger partial charge in [-0.15, -0.1) is 0 Å². The van der Waals surface area contributed by atoms with Crippen LogP contribution in [0.2, 0.25) is 0 Å². The van der Waals surface area contributed by atoms with Gasteiger partial charge in [-0.2, -0.15) is 0 Å². The zero-order valence-corrected chi connectivity index (χ0v) is 13.4. The second-order valence-corrected chi connectivity index (χ2v) is 5.92. The van der Waals surface area contributed by atoms with E-state index in [1.807, 2.05) is 30.3 Å². The topological polar surface area (TPSA) is 42.2 Å². The van der Waals surface area contributed by atoms with Crippen molar-refractivity contribution < 1.29 is 13.6 Å². The van der Waals surface area contributed by atoms with Crippen LogP contribution in [0.15, 0.2) is 57.4 Å². The first-order valence-corrected chi connectivity index (χ1v) is 7.58. The number of furan rings is 1. The van der Waals surface area contributed by atoms with Gasteiger partial charge in [0.15, 0.2) is 0 Å². The van der Waals surface area contributed by atoms with E-state index in [2.05, 4.69) is 21.2 Å². The molecule has 0 aliphatic carbocycles. The summed E-state index contributed by atoms with van der Waals surface area (Å²) in [6, 6.07) is 13.5. The van der Waals surface area contributed by atoms with Gasteiger partial charge >= 0.3 is 0 Å². The minimum Gasteiger partial charge on any atom is -0.459 e. The molecule has 1 atom stereocenters. The third-order valence-corrected chi connectivity index (χ3v) is 3.89. The van der Waals surface area contributed by atoms with E-state index in [0.29, 0.717) is 10.2 Å². The van der Waals surface area contributed by atoms with Crippen LogP contribution in [0.25, 0.3) is 11.0 Å². The van der Waals surface area contributed by atoms with Gasteiger partial charge in [-0.25, -0.2) is 4.39 Å². The van der Waals surface area contributed by atoms with E-state index in [-0.39, 0.29) is 11.6 Å². The third-order valence-electron chi connectivity index (χ3n) is 3.39. The van der Waals surface area contributed by atoms with Crippen LogP contribution in [0, 0.1) is 5.82 Å². The number of para-hydroxylation sites is 1. The number of fused-ring (bicyclic) bond motifs is 1. The van der Waals surface area contributed by atoms with Gasteiger partial charge in [0.05, 0.1) is 11.6 Å². The van der Waals surface area contributed by atoms with Crippen molar-refractivity contribution in [2.45, 2.75) is 13.0 Å². The first-order valence-electron chi connectivity index (χ1n) is 6.79. The Bertz CT molecular complexity index is 811. The van der Waals surface area contributed by atoms with Crippen molar-refractivity contribution in [3.05, 3.63) is 70.1 Å². The van der Waals surface area contributed by atoms with Crippen LogP contribution in [-0.2, 0) is 0 Å². The molecule has 0 aliphatic rings. The molecular formula is C17H13BrFNO2. The molecule has 0 saturated heterocycles. The maximum absolute atomic E-state index is 13.8. The zero-order valence-electron chi connectivity index (χ0n) is 11.8. The van der Waals surface area contributed by atoms with Gasteiger partial charge in [-0.1, -0.05) is 34.1 Å². The Morgan fingerprint density at radius 3 is 2.73 bits per heavy atom. The highest BCUT2D eigenvalue weighted by Crippen LogP contribution is 2.24. The van der Waals surface area contributed by atoms with E-state index in [0.717, 1.165) is 11.0 Å². The number of halogens is 2. The second kappa shape index (κ2) is 5.93.